The molecule has 3 aromatic rings. The minimum Gasteiger partial charge on any atom is -0.497 e. The molecule has 0 radical (unpaired) electrons. The molecular weight excluding hydrogens is 359 g/mol. The van der Waals surface area contributed by atoms with Crippen molar-refractivity contribution < 1.29 is 4.74 Å². The number of nitrogens with one attached hydrogen (secondary N) is 2. The number of rotatable bonds is 5. The summed E-state index contributed by atoms with van der Waals surface area (Å²) in [6, 6.07) is 14.6. The molecule has 0 saturated carbocycles. The molecule has 0 bridgehead atoms. The second kappa shape index (κ2) is 7.59. The zero-order valence-corrected chi connectivity index (χ0v) is 15.2. The fraction of sp³-hybridized carbons (Fsp3) is 0.111. The fourth-order valence-electron chi connectivity index (χ4n) is 2.25. The standard InChI is InChI=1S/C18H16Cl2N4O/c1-11-8-17(23-16-9-12(19)6-7-15(16)20)24-18(21-11)22-13-4-3-5-14(10-13)25-2/h3-10H,1-2H3,(H2,21,22,23,24). The lowest BCUT2D eigenvalue weighted by Crippen LogP contribution is -2.02. The summed E-state index contributed by atoms with van der Waals surface area (Å²) >= 11 is 12.2. The van der Waals surface area contributed by atoms with E-state index in [2.05, 4.69) is 20.6 Å². The number of ether oxygens (including phenoxy) is 1. The number of hydrogen-bond acceptors (Lipinski definition) is 5. The van der Waals surface area contributed by atoms with Crippen LogP contribution in [0, 0.1) is 6.92 Å². The van der Waals surface area contributed by atoms with Gasteiger partial charge in [0.15, 0.2) is 0 Å². The van der Waals surface area contributed by atoms with Crippen LogP contribution in [0.15, 0.2) is 48.5 Å². The molecule has 0 aliphatic carbocycles. The molecule has 0 aliphatic heterocycles. The van der Waals surface area contributed by atoms with Gasteiger partial charge in [-0.25, -0.2) is 4.98 Å². The normalized spacial score (nSPS) is 10.4. The lowest BCUT2D eigenvalue weighted by Gasteiger charge is -2.11. The molecular formula is C18H16Cl2N4O. The predicted octanol–water partition coefficient (Wildman–Crippen LogP) is 5.59. The maximum atomic E-state index is 6.19. The molecule has 2 N–H and O–H groups in total. The third-order valence-corrected chi connectivity index (χ3v) is 3.94. The molecule has 3 rings (SSSR count). The van der Waals surface area contributed by atoms with Crippen LogP contribution in [0.25, 0.3) is 0 Å². The number of nitrogens with zero attached hydrogens (tertiary/aromatic N) is 2. The minimum absolute atomic E-state index is 0.467. The Morgan fingerprint density at radius 3 is 2.60 bits per heavy atom. The van der Waals surface area contributed by atoms with Gasteiger partial charge in [0.2, 0.25) is 5.95 Å². The van der Waals surface area contributed by atoms with Gasteiger partial charge in [-0.3, -0.25) is 0 Å². The van der Waals surface area contributed by atoms with Gasteiger partial charge < -0.3 is 15.4 Å². The van der Waals surface area contributed by atoms with Gasteiger partial charge >= 0.3 is 0 Å². The average Bonchev–Trinajstić information content (AvgIpc) is 2.58. The van der Waals surface area contributed by atoms with Crippen LogP contribution in [0.4, 0.5) is 23.1 Å². The predicted molar refractivity (Wildman–Crippen MR) is 103 cm³/mol. The summed E-state index contributed by atoms with van der Waals surface area (Å²) in [6.45, 7) is 1.89. The highest BCUT2D eigenvalue weighted by Crippen LogP contribution is 2.28. The van der Waals surface area contributed by atoms with E-state index in [9.17, 15) is 0 Å². The zero-order valence-electron chi connectivity index (χ0n) is 13.7. The lowest BCUT2D eigenvalue weighted by atomic mass is 10.3. The minimum atomic E-state index is 0.467. The Morgan fingerprint density at radius 1 is 0.960 bits per heavy atom. The summed E-state index contributed by atoms with van der Waals surface area (Å²) in [7, 11) is 1.62. The van der Waals surface area contributed by atoms with Gasteiger partial charge in [-0.2, -0.15) is 4.98 Å². The molecule has 0 amide bonds. The molecule has 7 heteroatoms. The van der Waals surface area contributed by atoms with Crippen molar-refractivity contribution in [2.45, 2.75) is 6.92 Å². The first kappa shape index (κ1) is 17.3. The van der Waals surface area contributed by atoms with Crippen molar-refractivity contribution in [1.82, 2.24) is 9.97 Å². The number of aryl methyl sites for hydroxylation is 1. The zero-order chi connectivity index (χ0) is 17.8. The van der Waals surface area contributed by atoms with E-state index < -0.39 is 0 Å². The number of hydrogen-bond donors (Lipinski definition) is 2. The molecule has 25 heavy (non-hydrogen) atoms. The Hall–Kier alpha value is -2.50. The van der Waals surface area contributed by atoms with Gasteiger partial charge in [-0.1, -0.05) is 29.3 Å². The molecule has 0 atom stereocenters. The van der Waals surface area contributed by atoms with Crippen molar-refractivity contribution >= 4 is 46.3 Å². The molecule has 1 aromatic heterocycles. The molecule has 0 aliphatic rings. The van der Waals surface area contributed by atoms with E-state index in [1.165, 1.54) is 0 Å². The first-order valence-electron chi connectivity index (χ1n) is 7.52. The Balaban J connectivity index is 1.86. The average molecular weight is 375 g/mol. The van der Waals surface area contributed by atoms with Gasteiger partial charge in [0.05, 0.1) is 17.8 Å². The van der Waals surface area contributed by atoms with Crippen LogP contribution in [0.3, 0.4) is 0 Å². The van der Waals surface area contributed by atoms with E-state index >= 15 is 0 Å². The van der Waals surface area contributed by atoms with Crippen LogP contribution in [0.1, 0.15) is 5.69 Å². The summed E-state index contributed by atoms with van der Waals surface area (Å²) in [5, 5.41) is 7.49. The van der Waals surface area contributed by atoms with Crippen molar-refractivity contribution in [1.29, 1.82) is 0 Å². The maximum absolute atomic E-state index is 6.19. The number of anilines is 4. The Kier molecular flexibility index (Phi) is 5.26. The quantitative estimate of drug-likeness (QED) is 0.609. The van der Waals surface area contributed by atoms with E-state index in [4.69, 9.17) is 27.9 Å². The largest absolute Gasteiger partial charge is 0.497 e. The second-order valence-corrected chi connectivity index (χ2v) is 6.17. The van der Waals surface area contributed by atoms with Crippen LogP contribution in [-0.2, 0) is 0 Å². The Labute approximate surface area is 156 Å². The van der Waals surface area contributed by atoms with Gasteiger partial charge in [0, 0.05) is 28.5 Å². The van der Waals surface area contributed by atoms with Gasteiger partial charge in [-0.15, -0.1) is 0 Å². The Bertz CT molecular complexity index is 902. The first-order valence-corrected chi connectivity index (χ1v) is 8.28. The number of halogens is 2. The van der Waals surface area contributed by atoms with Crippen molar-refractivity contribution in [3.63, 3.8) is 0 Å². The summed E-state index contributed by atoms with van der Waals surface area (Å²) in [4.78, 5) is 8.88. The van der Waals surface area contributed by atoms with Gasteiger partial charge in [0.1, 0.15) is 11.6 Å². The maximum Gasteiger partial charge on any atom is 0.229 e. The number of benzene rings is 2. The summed E-state index contributed by atoms with van der Waals surface area (Å²) < 4.78 is 5.22. The molecule has 0 spiro atoms. The summed E-state index contributed by atoms with van der Waals surface area (Å²) in [5.41, 5.74) is 2.32. The molecule has 0 unspecified atom stereocenters. The molecule has 1 heterocycles. The monoisotopic (exact) mass is 374 g/mol. The van der Waals surface area contributed by atoms with E-state index in [1.807, 2.05) is 37.3 Å². The van der Waals surface area contributed by atoms with Gasteiger partial charge in [0.25, 0.3) is 0 Å². The van der Waals surface area contributed by atoms with Crippen LogP contribution >= 0.6 is 23.2 Å². The van der Waals surface area contributed by atoms with E-state index in [1.54, 1.807) is 25.3 Å². The van der Waals surface area contributed by atoms with Crippen LogP contribution in [0.2, 0.25) is 10.0 Å². The number of aromatic nitrogens is 2. The second-order valence-electron chi connectivity index (χ2n) is 5.32. The number of methoxy groups -OCH3 is 1. The van der Waals surface area contributed by atoms with Gasteiger partial charge in [-0.05, 0) is 37.3 Å². The molecule has 5 nitrogen and oxygen atoms in total. The fourth-order valence-corrected chi connectivity index (χ4v) is 2.59. The summed E-state index contributed by atoms with van der Waals surface area (Å²) in [5.74, 6) is 1.83. The van der Waals surface area contributed by atoms with Crippen LogP contribution in [-0.4, -0.2) is 17.1 Å². The Morgan fingerprint density at radius 2 is 1.80 bits per heavy atom. The molecule has 0 saturated heterocycles. The van der Waals surface area contributed by atoms with Crippen LogP contribution < -0.4 is 15.4 Å². The molecule has 128 valence electrons. The third-order valence-electron chi connectivity index (χ3n) is 3.37. The van der Waals surface area contributed by atoms with E-state index in [-0.39, 0.29) is 0 Å². The van der Waals surface area contributed by atoms with Crippen molar-refractivity contribution in [2.75, 3.05) is 17.7 Å². The molecule has 2 aromatic carbocycles. The highest BCUT2D eigenvalue weighted by atomic mass is 35.5. The SMILES string of the molecule is COc1cccc(Nc2nc(C)cc(Nc3cc(Cl)ccc3Cl)n2)c1. The van der Waals surface area contributed by atoms with E-state index in [0.717, 1.165) is 17.1 Å². The molecule has 0 fully saturated rings. The highest BCUT2D eigenvalue weighted by Gasteiger charge is 2.07. The van der Waals surface area contributed by atoms with E-state index in [0.29, 0.717) is 27.5 Å². The van der Waals surface area contributed by atoms with Crippen molar-refractivity contribution in [3.05, 3.63) is 64.3 Å². The lowest BCUT2D eigenvalue weighted by molar-refractivity contribution is 0.415. The highest BCUT2D eigenvalue weighted by molar-refractivity contribution is 6.35. The summed E-state index contributed by atoms with van der Waals surface area (Å²) in [6.07, 6.45) is 0. The van der Waals surface area contributed by atoms with Crippen molar-refractivity contribution in [2.24, 2.45) is 0 Å². The topological polar surface area (TPSA) is 59.1 Å². The van der Waals surface area contributed by atoms with Crippen molar-refractivity contribution in [3.8, 4) is 5.75 Å². The first-order chi connectivity index (χ1) is 12.0. The third kappa shape index (κ3) is 4.53. The van der Waals surface area contributed by atoms with Crippen LogP contribution in [0.5, 0.6) is 5.75 Å². The smallest absolute Gasteiger partial charge is 0.229 e.